The summed E-state index contributed by atoms with van der Waals surface area (Å²) in [5.74, 6) is 2.71. The molecule has 0 saturated carbocycles. The highest BCUT2D eigenvalue weighted by Crippen LogP contribution is 2.32. The fraction of sp³-hybridized carbons (Fsp3) is 0.333. The van der Waals surface area contributed by atoms with Crippen LogP contribution in [0.2, 0.25) is 0 Å². The van der Waals surface area contributed by atoms with Crippen molar-refractivity contribution < 1.29 is 0 Å². The molecule has 8 heteroatoms. The Morgan fingerprint density at radius 1 is 0.962 bits per heavy atom. The van der Waals surface area contributed by atoms with Crippen LogP contribution in [0.5, 0.6) is 0 Å². The fourth-order valence-corrected chi connectivity index (χ4v) is 3.16. The van der Waals surface area contributed by atoms with E-state index in [0.29, 0.717) is 11.8 Å². The number of nitrogens with one attached hydrogen (secondary N) is 1. The minimum atomic E-state index is 0.0586. The zero-order valence-electron chi connectivity index (χ0n) is 14.6. The third kappa shape index (κ3) is 3.58. The van der Waals surface area contributed by atoms with Gasteiger partial charge in [-0.1, -0.05) is 0 Å². The Morgan fingerprint density at radius 2 is 1.69 bits per heavy atom. The molecule has 4 rings (SSSR count). The molecule has 0 bridgehead atoms. The van der Waals surface area contributed by atoms with Crippen LogP contribution < -0.4 is 10.2 Å². The van der Waals surface area contributed by atoms with E-state index in [0.717, 1.165) is 43.3 Å². The summed E-state index contributed by atoms with van der Waals surface area (Å²) in [6.07, 6.45) is 10.2. The van der Waals surface area contributed by atoms with Crippen LogP contribution in [0.15, 0.2) is 43.0 Å². The second-order valence-corrected chi connectivity index (χ2v) is 6.20. The highest BCUT2D eigenvalue weighted by Gasteiger charge is 2.28. The molecule has 0 radical (unpaired) electrons. The summed E-state index contributed by atoms with van der Waals surface area (Å²) in [7, 11) is 0. The molecule has 8 nitrogen and oxygen atoms in total. The molecular weight excluding hydrogens is 328 g/mol. The molecule has 26 heavy (non-hydrogen) atoms. The summed E-state index contributed by atoms with van der Waals surface area (Å²) in [4.78, 5) is 28.8. The molecule has 0 spiro atoms. The summed E-state index contributed by atoms with van der Waals surface area (Å²) in [6, 6.07) is 5.56. The van der Waals surface area contributed by atoms with Crippen molar-refractivity contribution in [3.8, 4) is 0 Å². The van der Waals surface area contributed by atoms with Gasteiger partial charge in [-0.3, -0.25) is 0 Å². The molecule has 1 atom stereocenters. The summed E-state index contributed by atoms with van der Waals surface area (Å²) in [5.41, 5.74) is 0.896. The normalized spacial score (nSPS) is 17.1. The van der Waals surface area contributed by atoms with Gasteiger partial charge >= 0.3 is 0 Å². The Labute approximate surface area is 151 Å². The maximum atomic E-state index is 4.73. The van der Waals surface area contributed by atoms with Crippen molar-refractivity contribution in [1.82, 2.24) is 29.9 Å². The average molecular weight is 348 g/mol. The lowest BCUT2D eigenvalue weighted by Gasteiger charge is -2.34. The van der Waals surface area contributed by atoms with Crippen molar-refractivity contribution in [2.24, 2.45) is 0 Å². The lowest BCUT2D eigenvalue weighted by Crippen LogP contribution is -2.35. The van der Waals surface area contributed by atoms with Crippen molar-refractivity contribution in [1.29, 1.82) is 0 Å². The Morgan fingerprint density at radius 3 is 2.46 bits per heavy atom. The minimum absolute atomic E-state index is 0.0586. The summed E-state index contributed by atoms with van der Waals surface area (Å²) >= 11 is 0. The van der Waals surface area contributed by atoms with Crippen LogP contribution in [0.1, 0.15) is 36.8 Å². The van der Waals surface area contributed by atoms with Crippen LogP contribution in [0.3, 0.4) is 0 Å². The molecule has 1 aliphatic heterocycles. The van der Waals surface area contributed by atoms with Gasteiger partial charge in [0.25, 0.3) is 0 Å². The van der Waals surface area contributed by atoms with Crippen LogP contribution >= 0.6 is 0 Å². The maximum Gasteiger partial charge on any atom is 0.228 e. The standard InChI is InChI=1S/C18H20N8/c1-13-12-15(25-17-19-7-4-8-20-17)24-16(23-13)14-6-2-3-11-26(14)18-21-9-5-10-22-18/h4-5,7-10,12,14H,2-3,6,11H2,1H3,(H,19,20,23,24,25)/t14-/m0/s1. The molecule has 1 N–H and O–H groups in total. The number of anilines is 3. The van der Waals surface area contributed by atoms with E-state index in [1.54, 1.807) is 30.9 Å². The van der Waals surface area contributed by atoms with E-state index in [1.165, 1.54) is 0 Å². The van der Waals surface area contributed by atoms with Crippen molar-refractivity contribution in [3.63, 3.8) is 0 Å². The molecule has 0 aromatic carbocycles. The second kappa shape index (κ2) is 7.38. The molecule has 0 amide bonds. The van der Waals surface area contributed by atoms with Gasteiger partial charge in [-0.05, 0) is 38.3 Å². The molecule has 1 fully saturated rings. The third-order valence-corrected chi connectivity index (χ3v) is 4.29. The highest BCUT2D eigenvalue weighted by atomic mass is 15.3. The Hall–Kier alpha value is -3.16. The SMILES string of the molecule is Cc1cc(Nc2ncccn2)nc([C@@H]2CCCCN2c2ncccn2)n1. The predicted octanol–water partition coefficient (Wildman–Crippen LogP) is 2.84. The van der Waals surface area contributed by atoms with Crippen LogP contribution in [-0.2, 0) is 0 Å². The number of nitrogens with zero attached hydrogens (tertiary/aromatic N) is 7. The number of aromatic nitrogens is 6. The van der Waals surface area contributed by atoms with Crippen LogP contribution in [-0.4, -0.2) is 36.4 Å². The number of piperidine rings is 1. The van der Waals surface area contributed by atoms with Gasteiger partial charge in [0.05, 0.1) is 6.04 Å². The zero-order valence-corrected chi connectivity index (χ0v) is 14.6. The van der Waals surface area contributed by atoms with Crippen LogP contribution in [0, 0.1) is 6.92 Å². The lowest BCUT2D eigenvalue weighted by molar-refractivity contribution is 0.448. The number of aryl methyl sites for hydroxylation is 1. The molecule has 3 aromatic rings. The molecule has 4 heterocycles. The van der Waals surface area contributed by atoms with E-state index in [4.69, 9.17) is 4.98 Å². The first-order valence-electron chi connectivity index (χ1n) is 8.73. The van der Waals surface area contributed by atoms with Gasteiger partial charge in [-0.2, -0.15) is 0 Å². The van der Waals surface area contributed by atoms with Gasteiger partial charge in [0.1, 0.15) is 5.82 Å². The van der Waals surface area contributed by atoms with Crippen molar-refractivity contribution in [2.45, 2.75) is 32.2 Å². The van der Waals surface area contributed by atoms with Gasteiger partial charge in [0.2, 0.25) is 11.9 Å². The molecular formula is C18H20N8. The van der Waals surface area contributed by atoms with E-state index < -0.39 is 0 Å². The average Bonchev–Trinajstić information content (AvgIpc) is 2.69. The van der Waals surface area contributed by atoms with Crippen molar-refractivity contribution in [3.05, 3.63) is 54.5 Å². The van der Waals surface area contributed by atoms with E-state index in [1.807, 2.05) is 19.1 Å². The zero-order chi connectivity index (χ0) is 17.8. The first kappa shape index (κ1) is 16.3. The summed E-state index contributed by atoms with van der Waals surface area (Å²) in [6.45, 7) is 2.87. The summed E-state index contributed by atoms with van der Waals surface area (Å²) in [5, 5.41) is 3.16. The van der Waals surface area contributed by atoms with Crippen LogP contribution in [0.4, 0.5) is 17.7 Å². The Balaban J connectivity index is 1.65. The Bertz CT molecular complexity index is 856. The van der Waals surface area contributed by atoms with Gasteiger partial charge < -0.3 is 10.2 Å². The highest BCUT2D eigenvalue weighted by molar-refractivity contribution is 5.48. The number of rotatable bonds is 4. The van der Waals surface area contributed by atoms with Gasteiger partial charge in [-0.15, -0.1) is 0 Å². The molecule has 132 valence electrons. The Kier molecular flexibility index (Phi) is 4.63. The van der Waals surface area contributed by atoms with E-state index >= 15 is 0 Å². The van der Waals surface area contributed by atoms with Crippen LogP contribution in [0.25, 0.3) is 0 Å². The van der Waals surface area contributed by atoms with Gasteiger partial charge in [-0.25, -0.2) is 29.9 Å². The molecule has 0 unspecified atom stereocenters. The second-order valence-electron chi connectivity index (χ2n) is 6.20. The maximum absolute atomic E-state index is 4.73. The first-order valence-corrected chi connectivity index (χ1v) is 8.73. The van der Waals surface area contributed by atoms with Gasteiger partial charge in [0.15, 0.2) is 5.82 Å². The molecule has 1 saturated heterocycles. The summed E-state index contributed by atoms with van der Waals surface area (Å²) < 4.78 is 0. The largest absolute Gasteiger partial charge is 0.331 e. The first-order chi connectivity index (χ1) is 12.8. The molecule has 1 aliphatic rings. The fourth-order valence-electron chi connectivity index (χ4n) is 3.16. The topological polar surface area (TPSA) is 92.6 Å². The quantitative estimate of drug-likeness (QED) is 0.769. The third-order valence-electron chi connectivity index (χ3n) is 4.29. The van der Waals surface area contributed by atoms with Crippen molar-refractivity contribution in [2.75, 3.05) is 16.8 Å². The van der Waals surface area contributed by atoms with E-state index in [-0.39, 0.29) is 6.04 Å². The predicted molar refractivity (Wildman–Crippen MR) is 98.1 cm³/mol. The molecule has 3 aromatic heterocycles. The number of hydrogen-bond acceptors (Lipinski definition) is 8. The van der Waals surface area contributed by atoms with Gasteiger partial charge in [0, 0.05) is 43.1 Å². The molecule has 0 aliphatic carbocycles. The smallest absolute Gasteiger partial charge is 0.228 e. The monoisotopic (exact) mass is 348 g/mol. The number of hydrogen-bond donors (Lipinski definition) is 1. The lowest BCUT2D eigenvalue weighted by atomic mass is 10.0. The minimum Gasteiger partial charge on any atom is -0.331 e. The van der Waals surface area contributed by atoms with Crippen molar-refractivity contribution >= 4 is 17.7 Å². The van der Waals surface area contributed by atoms with E-state index in [9.17, 15) is 0 Å². The van der Waals surface area contributed by atoms with E-state index in [2.05, 4.69) is 35.1 Å².